The number of nitrogens with zero attached hydrogens (tertiary/aromatic N) is 3. The highest BCUT2D eigenvalue weighted by Gasteiger charge is 2.04. The van der Waals surface area contributed by atoms with Crippen LogP contribution in [0.2, 0.25) is 0 Å². The summed E-state index contributed by atoms with van der Waals surface area (Å²) in [5, 5.41) is 7.00. The number of halogens is 1. The number of nitrogens with one attached hydrogen (secondary N) is 1. The van der Waals surface area contributed by atoms with Crippen LogP contribution in [-0.4, -0.2) is 15.1 Å². The molecule has 0 radical (unpaired) electrons. The fourth-order valence-electron chi connectivity index (χ4n) is 1.39. The summed E-state index contributed by atoms with van der Waals surface area (Å²) in [4.78, 5) is 8.60. The van der Waals surface area contributed by atoms with Gasteiger partial charge in [0.2, 0.25) is 0 Å². The van der Waals surface area contributed by atoms with E-state index in [1.54, 1.807) is 0 Å². The molecular formula is C11H13BrN4O. The van der Waals surface area contributed by atoms with Crippen molar-refractivity contribution in [1.29, 1.82) is 0 Å². The van der Waals surface area contributed by atoms with Crippen molar-refractivity contribution in [3.05, 3.63) is 34.0 Å². The monoisotopic (exact) mass is 296 g/mol. The van der Waals surface area contributed by atoms with E-state index >= 15 is 0 Å². The molecule has 17 heavy (non-hydrogen) atoms. The number of aromatic nitrogens is 3. The second-order valence-corrected chi connectivity index (χ2v) is 4.45. The van der Waals surface area contributed by atoms with Crippen molar-refractivity contribution in [1.82, 2.24) is 15.1 Å². The Labute approximate surface area is 108 Å². The number of aryl methyl sites for hydroxylation is 2. The number of anilines is 1. The zero-order valence-electron chi connectivity index (χ0n) is 9.70. The second kappa shape index (κ2) is 5.27. The van der Waals surface area contributed by atoms with Gasteiger partial charge in [0, 0.05) is 18.6 Å². The lowest BCUT2D eigenvalue weighted by Crippen LogP contribution is -2.03. The average molecular weight is 297 g/mol. The van der Waals surface area contributed by atoms with Crippen molar-refractivity contribution < 1.29 is 4.52 Å². The van der Waals surface area contributed by atoms with Gasteiger partial charge in [-0.3, -0.25) is 0 Å². The fraction of sp³-hybridized carbons (Fsp3) is 0.364. The predicted molar refractivity (Wildman–Crippen MR) is 67.7 cm³/mol. The van der Waals surface area contributed by atoms with E-state index in [0.29, 0.717) is 6.54 Å². The maximum absolute atomic E-state index is 5.11. The first-order valence-electron chi connectivity index (χ1n) is 5.37. The molecule has 0 fully saturated rings. The van der Waals surface area contributed by atoms with Crippen LogP contribution in [0.25, 0.3) is 0 Å². The molecular weight excluding hydrogens is 284 g/mol. The molecule has 0 aliphatic heterocycles. The van der Waals surface area contributed by atoms with E-state index in [1.807, 2.05) is 26.0 Å². The summed E-state index contributed by atoms with van der Waals surface area (Å²) < 4.78 is 5.88. The Kier molecular flexibility index (Phi) is 3.73. The lowest BCUT2D eigenvalue weighted by molar-refractivity contribution is 0.384. The Bertz CT molecular complexity index is 512. The quantitative estimate of drug-likeness (QED) is 0.879. The molecule has 6 heteroatoms. The molecule has 0 atom stereocenters. The smallest absolute Gasteiger partial charge is 0.156 e. The van der Waals surface area contributed by atoms with Gasteiger partial charge in [-0.1, -0.05) is 12.1 Å². The van der Waals surface area contributed by atoms with Crippen molar-refractivity contribution in [3.8, 4) is 0 Å². The third-order valence-corrected chi connectivity index (χ3v) is 2.58. The van der Waals surface area contributed by atoms with Gasteiger partial charge in [-0.05, 0) is 22.9 Å². The van der Waals surface area contributed by atoms with E-state index in [4.69, 9.17) is 4.52 Å². The first-order valence-corrected chi connectivity index (χ1v) is 6.16. The van der Waals surface area contributed by atoms with Gasteiger partial charge in [0.05, 0.1) is 12.2 Å². The first-order chi connectivity index (χ1) is 8.17. The molecule has 2 aromatic heterocycles. The first kappa shape index (κ1) is 12.0. The Hall–Kier alpha value is -1.43. The van der Waals surface area contributed by atoms with Gasteiger partial charge < -0.3 is 9.84 Å². The minimum atomic E-state index is 0.563. The molecule has 5 nitrogen and oxygen atoms in total. The summed E-state index contributed by atoms with van der Waals surface area (Å²) in [6.45, 7) is 4.47. The van der Waals surface area contributed by atoms with Crippen LogP contribution in [0.1, 0.15) is 24.2 Å². The van der Waals surface area contributed by atoms with Gasteiger partial charge in [0.25, 0.3) is 0 Å². The molecule has 0 aromatic carbocycles. The Balaban J connectivity index is 2.05. The van der Waals surface area contributed by atoms with Crippen molar-refractivity contribution in [2.45, 2.75) is 26.8 Å². The molecule has 0 aliphatic carbocycles. The zero-order chi connectivity index (χ0) is 12.3. The molecule has 0 saturated carbocycles. The summed E-state index contributed by atoms with van der Waals surface area (Å²) in [6, 6.07) is 3.73. The van der Waals surface area contributed by atoms with Crippen LogP contribution in [0.4, 0.5) is 5.82 Å². The molecule has 90 valence electrons. The summed E-state index contributed by atoms with van der Waals surface area (Å²) in [6.07, 6.45) is 0.801. The van der Waals surface area contributed by atoms with Crippen LogP contribution in [0, 0.1) is 6.92 Å². The molecule has 2 aromatic rings. The van der Waals surface area contributed by atoms with Crippen LogP contribution in [0.5, 0.6) is 0 Å². The van der Waals surface area contributed by atoms with Crippen LogP contribution >= 0.6 is 15.9 Å². The Morgan fingerprint density at radius 3 is 2.82 bits per heavy atom. The van der Waals surface area contributed by atoms with E-state index in [9.17, 15) is 0 Å². The lowest BCUT2D eigenvalue weighted by Gasteiger charge is -2.05. The van der Waals surface area contributed by atoms with Gasteiger partial charge in [0.1, 0.15) is 16.2 Å². The van der Waals surface area contributed by atoms with Crippen LogP contribution in [0.3, 0.4) is 0 Å². The van der Waals surface area contributed by atoms with Gasteiger partial charge in [-0.15, -0.1) is 0 Å². The zero-order valence-corrected chi connectivity index (χ0v) is 11.3. The molecule has 0 saturated heterocycles. The van der Waals surface area contributed by atoms with Crippen molar-refractivity contribution in [2.75, 3.05) is 5.32 Å². The molecule has 0 spiro atoms. The molecule has 1 N–H and O–H groups in total. The average Bonchev–Trinajstić information content (AvgIpc) is 2.72. The SMILES string of the molecule is CCc1nc(Br)cc(NCc2cc(C)no2)n1. The highest BCUT2D eigenvalue weighted by Crippen LogP contribution is 2.14. The van der Waals surface area contributed by atoms with E-state index < -0.39 is 0 Å². The number of hydrogen-bond acceptors (Lipinski definition) is 5. The second-order valence-electron chi connectivity index (χ2n) is 3.63. The standard InChI is InChI=1S/C11H13BrN4O/c1-3-10-14-9(12)5-11(15-10)13-6-8-4-7(2)16-17-8/h4-5H,3,6H2,1-2H3,(H,13,14,15). The summed E-state index contributed by atoms with van der Waals surface area (Å²) >= 11 is 3.36. The summed E-state index contributed by atoms with van der Waals surface area (Å²) in [5.41, 5.74) is 0.875. The molecule has 2 heterocycles. The third kappa shape index (κ3) is 3.26. The minimum Gasteiger partial charge on any atom is -0.363 e. The van der Waals surface area contributed by atoms with E-state index in [-0.39, 0.29) is 0 Å². The normalized spacial score (nSPS) is 10.5. The van der Waals surface area contributed by atoms with Crippen molar-refractivity contribution in [3.63, 3.8) is 0 Å². The topological polar surface area (TPSA) is 63.8 Å². The van der Waals surface area contributed by atoms with Gasteiger partial charge >= 0.3 is 0 Å². The molecule has 0 aliphatic rings. The summed E-state index contributed by atoms with van der Waals surface area (Å²) in [5.74, 6) is 2.36. The Morgan fingerprint density at radius 1 is 1.35 bits per heavy atom. The minimum absolute atomic E-state index is 0.563. The highest BCUT2D eigenvalue weighted by molar-refractivity contribution is 9.10. The number of hydrogen-bond donors (Lipinski definition) is 1. The van der Waals surface area contributed by atoms with Crippen LogP contribution < -0.4 is 5.32 Å². The van der Waals surface area contributed by atoms with Crippen LogP contribution in [-0.2, 0) is 13.0 Å². The molecule has 2 rings (SSSR count). The fourth-order valence-corrected chi connectivity index (χ4v) is 1.81. The van der Waals surface area contributed by atoms with E-state index in [1.165, 1.54) is 0 Å². The van der Waals surface area contributed by atoms with Gasteiger partial charge in [-0.25, -0.2) is 9.97 Å². The highest BCUT2D eigenvalue weighted by atomic mass is 79.9. The van der Waals surface area contributed by atoms with Gasteiger partial charge in [-0.2, -0.15) is 0 Å². The van der Waals surface area contributed by atoms with Gasteiger partial charge in [0.15, 0.2) is 5.76 Å². The molecule has 0 unspecified atom stereocenters. The maximum Gasteiger partial charge on any atom is 0.156 e. The van der Waals surface area contributed by atoms with E-state index in [0.717, 1.165) is 34.1 Å². The maximum atomic E-state index is 5.11. The predicted octanol–water partition coefficient (Wildman–Crippen LogP) is 2.71. The van der Waals surface area contributed by atoms with E-state index in [2.05, 4.69) is 36.4 Å². The summed E-state index contributed by atoms with van der Waals surface area (Å²) in [7, 11) is 0. The Morgan fingerprint density at radius 2 is 2.18 bits per heavy atom. The lowest BCUT2D eigenvalue weighted by atomic mass is 10.4. The largest absolute Gasteiger partial charge is 0.363 e. The molecule has 0 amide bonds. The number of rotatable bonds is 4. The molecule has 0 bridgehead atoms. The van der Waals surface area contributed by atoms with Crippen molar-refractivity contribution >= 4 is 21.7 Å². The van der Waals surface area contributed by atoms with Crippen molar-refractivity contribution in [2.24, 2.45) is 0 Å². The van der Waals surface area contributed by atoms with Crippen LogP contribution in [0.15, 0.2) is 21.3 Å². The third-order valence-electron chi connectivity index (χ3n) is 2.18.